The molecule has 1 aromatic carbocycles. The molecule has 19 heavy (non-hydrogen) atoms. The summed E-state index contributed by atoms with van der Waals surface area (Å²) in [4.78, 5) is 16.0. The van der Waals surface area contributed by atoms with Gasteiger partial charge in [-0.1, -0.05) is 25.1 Å². The molecule has 5 nitrogen and oxygen atoms in total. The van der Waals surface area contributed by atoms with E-state index in [-0.39, 0.29) is 5.82 Å². The molecule has 0 unspecified atom stereocenters. The Hall–Kier alpha value is -2.17. The maximum atomic E-state index is 11.7. The second kappa shape index (κ2) is 6.13. The van der Waals surface area contributed by atoms with Gasteiger partial charge in [-0.25, -0.2) is 14.5 Å². The number of rotatable bonds is 5. The summed E-state index contributed by atoms with van der Waals surface area (Å²) in [7, 11) is 0. The van der Waals surface area contributed by atoms with Crippen LogP contribution in [0.1, 0.15) is 36.7 Å². The minimum absolute atomic E-state index is 0.120. The summed E-state index contributed by atoms with van der Waals surface area (Å²) in [6, 6.07) is 9.66. The van der Waals surface area contributed by atoms with E-state index in [4.69, 9.17) is 4.74 Å². The van der Waals surface area contributed by atoms with Crippen molar-refractivity contribution < 1.29 is 9.53 Å². The normalized spacial score (nSPS) is 10.4. The Labute approximate surface area is 112 Å². The molecule has 0 aliphatic heterocycles. The van der Waals surface area contributed by atoms with E-state index in [2.05, 4.69) is 17.0 Å². The molecule has 0 radical (unpaired) electrons. The van der Waals surface area contributed by atoms with Crippen LogP contribution in [0.2, 0.25) is 0 Å². The van der Waals surface area contributed by atoms with E-state index in [0.29, 0.717) is 6.61 Å². The van der Waals surface area contributed by atoms with Crippen molar-refractivity contribution in [2.75, 3.05) is 6.61 Å². The summed E-state index contributed by atoms with van der Waals surface area (Å²) < 4.78 is 6.64. The number of carbonyl (C=O) groups excluding carboxylic acids is 1. The Kier molecular flexibility index (Phi) is 4.28. The van der Waals surface area contributed by atoms with E-state index in [0.717, 1.165) is 24.4 Å². The SMILES string of the molecule is CCCc1nc(C(=O)OCC)nn1-c1ccccc1. The maximum Gasteiger partial charge on any atom is 0.378 e. The average Bonchev–Trinajstić information content (AvgIpc) is 2.85. The highest BCUT2D eigenvalue weighted by atomic mass is 16.5. The fourth-order valence-electron chi connectivity index (χ4n) is 1.79. The standard InChI is InChI=1S/C14H17N3O2/c1-3-8-12-15-13(14(18)19-4-2)16-17(12)11-9-6-5-7-10-11/h5-7,9-10H,3-4,8H2,1-2H3. The Morgan fingerprint density at radius 1 is 1.26 bits per heavy atom. The first-order valence-electron chi connectivity index (χ1n) is 6.44. The van der Waals surface area contributed by atoms with Crippen molar-refractivity contribution in [3.63, 3.8) is 0 Å². The van der Waals surface area contributed by atoms with Crippen LogP contribution in [0, 0.1) is 0 Å². The quantitative estimate of drug-likeness (QED) is 0.774. The average molecular weight is 259 g/mol. The molecular formula is C14H17N3O2. The largest absolute Gasteiger partial charge is 0.460 e. The van der Waals surface area contributed by atoms with Crippen LogP contribution in [0.15, 0.2) is 30.3 Å². The smallest absolute Gasteiger partial charge is 0.378 e. The van der Waals surface area contributed by atoms with Gasteiger partial charge in [-0.05, 0) is 25.5 Å². The zero-order valence-electron chi connectivity index (χ0n) is 11.2. The Morgan fingerprint density at radius 3 is 2.63 bits per heavy atom. The van der Waals surface area contributed by atoms with Crippen LogP contribution >= 0.6 is 0 Å². The van der Waals surface area contributed by atoms with Crippen molar-refractivity contribution in [3.8, 4) is 5.69 Å². The van der Waals surface area contributed by atoms with Crippen molar-refractivity contribution in [3.05, 3.63) is 42.0 Å². The van der Waals surface area contributed by atoms with Gasteiger partial charge in [-0.15, -0.1) is 5.10 Å². The number of nitrogens with zero attached hydrogens (tertiary/aromatic N) is 3. The number of carbonyl (C=O) groups is 1. The van der Waals surface area contributed by atoms with Crippen LogP contribution in [0.4, 0.5) is 0 Å². The number of para-hydroxylation sites is 1. The monoisotopic (exact) mass is 259 g/mol. The van der Waals surface area contributed by atoms with E-state index >= 15 is 0 Å². The highest BCUT2D eigenvalue weighted by Gasteiger charge is 2.17. The van der Waals surface area contributed by atoms with Gasteiger partial charge in [0.15, 0.2) is 0 Å². The molecule has 0 amide bonds. The Balaban J connectivity index is 2.39. The van der Waals surface area contributed by atoms with Crippen LogP contribution in [0.5, 0.6) is 0 Å². The van der Waals surface area contributed by atoms with Gasteiger partial charge in [-0.3, -0.25) is 0 Å². The van der Waals surface area contributed by atoms with Crippen molar-refractivity contribution >= 4 is 5.97 Å². The molecule has 1 heterocycles. The van der Waals surface area contributed by atoms with E-state index < -0.39 is 5.97 Å². The molecule has 0 bridgehead atoms. The van der Waals surface area contributed by atoms with E-state index in [1.54, 1.807) is 11.6 Å². The highest BCUT2D eigenvalue weighted by molar-refractivity contribution is 5.85. The summed E-state index contributed by atoms with van der Waals surface area (Å²) in [5.74, 6) is 0.417. The number of hydrogen-bond acceptors (Lipinski definition) is 4. The van der Waals surface area contributed by atoms with Crippen LogP contribution in [0.25, 0.3) is 5.69 Å². The van der Waals surface area contributed by atoms with Crippen molar-refractivity contribution in [1.29, 1.82) is 0 Å². The van der Waals surface area contributed by atoms with E-state index in [1.165, 1.54) is 0 Å². The van der Waals surface area contributed by atoms with Crippen LogP contribution < -0.4 is 0 Å². The first kappa shape index (κ1) is 13.3. The lowest BCUT2D eigenvalue weighted by molar-refractivity contribution is 0.0512. The summed E-state index contributed by atoms with van der Waals surface area (Å²) in [5.41, 5.74) is 0.897. The number of hydrogen-bond donors (Lipinski definition) is 0. The van der Waals surface area contributed by atoms with Crippen molar-refractivity contribution in [2.24, 2.45) is 0 Å². The second-order valence-electron chi connectivity index (χ2n) is 4.07. The van der Waals surface area contributed by atoms with Crippen molar-refractivity contribution in [1.82, 2.24) is 14.8 Å². The number of benzene rings is 1. The van der Waals surface area contributed by atoms with Gasteiger partial charge in [0.25, 0.3) is 5.82 Å². The van der Waals surface area contributed by atoms with Gasteiger partial charge in [-0.2, -0.15) is 0 Å². The number of aromatic nitrogens is 3. The molecule has 0 saturated heterocycles. The molecule has 0 N–H and O–H groups in total. The van der Waals surface area contributed by atoms with Gasteiger partial charge in [0.2, 0.25) is 0 Å². The maximum absolute atomic E-state index is 11.7. The molecule has 2 aromatic rings. The molecule has 2 rings (SSSR count). The van der Waals surface area contributed by atoms with Crippen LogP contribution in [0.3, 0.4) is 0 Å². The highest BCUT2D eigenvalue weighted by Crippen LogP contribution is 2.11. The predicted molar refractivity (Wildman–Crippen MR) is 71.3 cm³/mol. The first-order chi connectivity index (χ1) is 9.26. The fraction of sp³-hybridized carbons (Fsp3) is 0.357. The van der Waals surface area contributed by atoms with Gasteiger partial charge in [0, 0.05) is 6.42 Å². The van der Waals surface area contributed by atoms with Gasteiger partial charge < -0.3 is 4.74 Å². The van der Waals surface area contributed by atoms with Gasteiger partial charge >= 0.3 is 5.97 Å². The molecule has 0 fully saturated rings. The third-order valence-electron chi connectivity index (χ3n) is 2.61. The Bertz CT molecular complexity index is 549. The molecule has 0 saturated carbocycles. The molecular weight excluding hydrogens is 242 g/mol. The third kappa shape index (κ3) is 2.99. The summed E-state index contributed by atoms with van der Waals surface area (Å²) >= 11 is 0. The van der Waals surface area contributed by atoms with Crippen LogP contribution in [-0.4, -0.2) is 27.3 Å². The lowest BCUT2D eigenvalue weighted by Crippen LogP contribution is -2.07. The van der Waals surface area contributed by atoms with Crippen LogP contribution in [-0.2, 0) is 11.2 Å². The Morgan fingerprint density at radius 2 is 2.00 bits per heavy atom. The molecule has 0 aliphatic carbocycles. The molecule has 5 heteroatoms. The number of esters is 1. The molecule has 100 valence electrons. The number of aryl methyl sites for hydroxylation is 1. The number of ether oxygens (including phenoxy) is 1. The summed E-state index contributed by atoms with van der Waals surface area (Å²) in [5, 5.41) is 4.25. The third-order valence-corrected chi connectivity index (χ3v) is 2.61. The fourth-order valence-corrected chi connectivity index (χ4v) is 1.79. The van der Waals surface area contributed by atoms with E-state index in [9.17, 15) is 4.79 Å². The first-order valence-corrected chi connectivity index (χ1v) is 6.44. The van der Waals surface area contributed by atoms with Gasteiger partial charge in [0.1, 0.15) is 5.82 Å². The topological polar surface area (TPSA) is 57.0 Å². The minimum atomic E-state index is -0.477. The summed E-state index contributed by atoms with van der Waals surface area (Å²) in [6.45, 7) is 4.15. The zero-order valence-corrected chi connectivity index (χ0v) is 11.2. The van der Waals surface area contributed by atoms with E-state index in [1.807, 2.05) is 30.3 Å². The predicted octanol–water partition coefficient (Wildman–Crippen LogP) is 2.40. The second-order valence-corrected chi connectivity index (χ2v) is 4.07. The minimum Gasteiger partial charge on any atom is -0.460 e. The molecule has 0 aliphatic rings. The molecule has 1 aromatic heterocycles. The summed E-state index contributed by atoms with van der Waals surface area (Å²) in [6.07, 6.45) is 1.70. The zero-order chi connectivity index (χ0) is 13.7. The van der Waals surface area contributed by atoms with Crippen molar-refractivity contribution in [2.45, 2.75) is 26.7 Å². The lowest BCUT2D eigenvalue weighted by Gasteiger charge is -2.03. The lowest BCUT2D eigenvalue weighted by atomic mass is 10.3. The molecule has 0 atom stereocenters. The van der Waals surface area contributed by atoms with Gasteiger partial charge in [0.05, 0.1) is 12.3 Å². The molecule has 0 spiro atoms.